The fraction of sp³-hybridized carbons (Fsp3) is 0.857. The van der Waals surface area contributed by atoms with Crippen molar-refractivity contribution >= 4 is 11.9 Å². The lowest BCUT2D eigenvalue weighted by atomic mass is 9.80. The maximum Gasteiger partial charge on any atom is 0.303 e. The molecule has 1 unspecified atom stereocenters. The van der Waals surface area contributed by atoms with E-state index in [9.17, 15) is 9.59 Å². The summed E-state index contributed by atoms with van der Waals surface area (Å²) in [5.74, 6) is -0.797. The number of amides is 1. The van der Waals surface area contributed by atoms with Gasteiger partial charge in [-0.1, -0.05) is 19.3 Å². The van der Waals surface area contributed by atoms with Crippen LogP contribution in [0.4, 0.5) is 0 Å². The van der Waals surface area contributed by atoms with Gasteiger partial charge in [0.05, 0.1) is 0 Å². The third-order valence-corrected chi connectivity index (χ3v) is 3.80. The lowest BCUT2D eigenvalue weighted by molar-refractivity contribution is -0.137. The fourth-order valence-corrected chi connectivity index (χ4v) is 2.71. The van der Waals surface area contributed by atoms with Gasteiger partial charge in [0, 0.05) is 24.4 Å². The van der Waals surface area contributed by atoms with Gasteiger partial charge in [-0.05, 0) is 32.6 Å². The molecule has 1 atom stereocenters. The normalized spacial score (nSPS) is 19.7. The summed E-state index contributed by atoms with van der Waals surface area (Å²) in [6.45, 7) is 1.91. The molecule has 0 spiro atoms. The maximum absolute atomic E-state index is 11.9. The largest absolute Gasteiger partial charge is 0.481 e. The van der Waals surface area contributed by atoms with Crippen LogP contribution in [0.3, 0.4) is 0 Å². The van der Waals surface area contributed by atoms with E-state index in [-0.39, 0.29) is 23.9 Å². The Labute approximate surface area is 114 Å². The van der Waals surface area contributed by atoms with E-state index < -0.39 is 5.97 Å². The summed E-state index contributed by atoms with van der Waals surface area (Å²) in [5, 5.41) is 11.5. The van der Waals surface area contributed by atoms with E-state index in [0.29, 0.717) is 19.3 Å². The fourth-order valence-electron chi connectivity index (χ4n) is 2.71. The van der Waals surface area contributed by atoms with Crippen molar-refractivity contribution in [3.05, 3.63) is 0 Å². The molecule has 0 aromatic rings. The summed E-state index contributed by atoms with van der Waals surface area (Å²) in [6, 6.07) is 0.0130. The molecule has 5 nitrogen and oxygen atoms in total. The number of nitrogens with one attached hydrogen (secondary N) is 1. The molecule has 0 aliphatic heterocycles. The first kappa shape index (κ1) is 16.0. The van der Waals surface area contributed by atoms with Gasteiger partial charge in [0.1, 0.15) is 0 Å². The van der Waals surface area contributed by atoms with Crippen molar-refractivity contribution in [3.63, 3.8) is 0 Å². The van der Waals surface area contributed by atoms with Gasteiger partial charge in [-0.15, -0.1) is 0 Å². The van der Waals surface area contributed by atoms with Gasteiger partial charge >= 0.3 is 5.97 Å². The van der Waals surface area contributed by atoms with Crippen LogP contribution in [0.15, 0.2) is 0 Å². The van der Waals surface area contributed by atoms with E-state index in [1.807, 2.05) is 6.92 Å². The predicted molar refractivity (Wildman–Crippen MR) is 73.7 cm³/mol. The molecule has 1 saturated carbocycles. The average Bonchev–Trinajstić information content (AvgIpc) is 2.28. The predicted octanol–water partition coefficient (Wildman–Crippen LogP) is 1.80. The van der Waals surface area contributed by atoms with Crippen LogP contribution in [-0.4, -0.2) is 28.6 Å². The molecule has 1 amide bonds. The second-order valence-electron chi connectivity index (χ2n) is 5.85. The molecule has 1 rings (SSSR count). The number of carbonyl (C=O) groups is 2. The highest BCUT2D eigenvalue weighted by molar-refractivity contribution is 5.77. The third-order valence-electron chi connectivity index (χ3n) is 3.80. The first-order valence-corrected chi connectivity index (χ1v) is 7.21. The summed E-state index contributed by atoms with van der Waals surface area (Å²) in [6.07, 6.45) is 7.10. The smallest absolute Gasteiger partial charge is 0.303 e. The van der Waals surface area contributed by atoms with Gasteiger partial charge in [-0.3, -0.25) is 9.59 Å². The van der Waals surface area contributed by atoms with Crippen molar-refractivity contribution in [2.45, 2.75) is 76.3 Å². The van der Waals surface area contributed by atoms with Crippen LogP contribution in [0.1, 0.15) is 64.7 Å². The minimum Gasteiger partial charge on any atom is -0.481 e. The molecule has 1 aliphatic rings. The van der Waals surface area contributed by atoms with Crippen LogP contribution in [-0.2, 0) is 9.59 Å². The molecule has 110 valence electrons. The quantitative estimate of drug-likeness (QED) is 0.657. The lowest BCUT2D eigenvalue weighted by Gasteiger charge is -2.33. The molecule has 0 radical (unpaired) electrons. The Morgan fingerprint density at radius 2 is 1.95 bits per heavy atom. The molecular weight excluding hydrogens is 244 g/mol. The molecule has 0 aromatic carbocycles. The van der Waals surface area contributed by atoms with Gasteiger partial charge in [-0.2, -0.15) is 0 Å². The highest BCUT2D eigenvalue weighted by Gasteiger charge is 2.30. The van der Waals surface area contributed by atoms with Gasteiger partial charge < -0.3 is 16.2 Å². The van der Waals surface area contributed by atoms with Crippen LogP contribution in [0.5, 0.6) is 0 Å². The lowest BCUT2D eigenvalue weighted by Crippen LogP contribution is -2.47. The topological polar surface area (TPSA) is 92.4 Å². The highest BCUT2D eigenvalue weighted by atomic mass is 16.4. The van der Waals surface area contributed by atoms with Crippen molar-refractivity contribution in [3.8, 4) is 0 Å². The van der Waals surface area contributed by atoms with Crippen LogP contribution in [0, 0.1) is 0 Å². The Kier molecular flexibility index (Phi) is 6.28. The molecule has 0 saturated heterocycles. The minimum atomic E-state index is -0.790. The Bertz CT molecular complexity index is 312. The van der Waals surface area contributed by atoms with E-state index in [1.54, 1.807) is 0 Å². The number of hydrogen-bond acceptors (Lipinski definition) is 3. The molecule has 4 N–H and O–H groups in total. The van der Waals surface area contributed by atoms with Crippen molar-refractivity contribution in [2.75, 3.05) is 0 Å². The number of carboxylic acids is 1. The van der Waals surface area contributed by atoms with Crippen molar-refractivity contribution in [1.29, 1.82) is 0 Å². The van der Waals surface area contributed by atoms with Crippen LogP contribution >= 0.6 is 0 Å². The number of carboxylic acid groups (broad SMARTS) is 1. The second kappa shape index (κ2) is 7.48. The van der Waals surface area contributed by atoms with E-state index in [4.69, 9.17) is 10.8 Å². The summed E-state index contributed by atoms with van der Waals surface area (Å²) >= 11 is 0. The Morgan fingerprint density at radius 1 is 1.32 bits per heavy atom. The summed E-state index contributed by atoms with van der Waals surface area (Å²) in [4.78, 5) is 22.3. The molecule has 0 bridgehead atoms. The van der Waals surface area contributed by atoms with E-state index in [0.717, 1.165) is 25.7 Å². The standard InChI is InChI=1S/C14H26N2O3/c1-11(6-5-7-13(18)19)16-12(17)10-14(15)8-3-2-4-9-14/h11H,2-10,15H2,1H3,(H,16,17)(H,18,19). The zero-order chi connectivity index (χ0) is 14.3. The van der Waals surface area contributed by atoms with Crippen LogP contribution < -0.4 is 11.1 Å². The second-order valence-corrected chi connectivity index (χ2v) is 5.85. The van der Waals surface area contributed by atoms with E-state index in [1.165, 1.54) is 6.42 Å². The van der Waals surface area contributed by atoms with Crippen molar-refractivity contribution < 1.29 is 14.7 Å². The van der Waals surface area contributed by atoms with E-state index in [2.05, 4.69) is 5.32 Å². The zero-order valence-corrected chi connectivity index (χ0v) is 11.8. The van der Waals surface area contributed by atoms with Gasteiger partial charge in [0.25, 0.3) is 0 Å². The van der Waals surface area contributed by atoms with Gasteiger partial charge in [0.15, 0.2) is 0 Å². The number of rotatable bonds is 7. The molecule has 0 aromatic heterocycles. The number of carbonyl (C=O) groups excluding carboxylic acids is 1. The molecule has 1 aliphatic carbocycles. The highest BCUT2D eigenvalue weighted by Crippen LogP contribution is 2.28. The summed E-state index contributed by atoms with van der Waals surface area (Å²) in [5.41, 5.74) is 5.91. The monoisotopic (exact) mass is 270 g/mol. The third kappa shape index (κ3) is 6.57. The summed E-state index contributed by atoms with van der Waals surface area (Å²) in [7, 11) is 0. The number of nitrogens with two attached hydrogens (primary N) is 1. The molecular formula is C14H26N2O3. The Hall–Kier alpha value is -1.10. The van der Waals surface area contributed by atoms with E-state index >= 15 is 0 Å². The van der Waals surface area contributed by atoms with Crippen molar-refractivity contribution in [2.24, 2.45) is 5.73 Å². The zero-order valence-electron chi connectivity index (χ0n) is 11.8. The Balaban J connectivity index is 2.24. The Morgan fingerprint density at radius 3 is 2.53 bits per heavy atom. The maximum atomic E-state index is 11.9. The molecule has 1 fully saturated rings. The SMILES string of the molecule is CC(CCCC(=O)O)NC(=O)CC1(N)CCCCC1. The van der Waals surface area contributed by atoms with Crippen molar-refractivity contribution in [1.82, 2.24) is 5.32 Å². The average molecular weight is 270 g/mol. The molecule has 0 heterocycles. The van der Waals surface area contributed by atoms with Gasteiger partial charge in [0.2, 0.25) is 5.91 Å². The first-order chi connectivity index (χ1) is 8.91. The van der Waals surface area contributed by atoms with Crippen LogP contribution in [0.2, 0.25) is 0 Å². The minimum absolute atomic E-state index is 0.00720. The van der Waals surface area contributed by atoms with Gasteiger partial charge in [-0.25, -0.2) is 0 Å². The molecule has 5 heteroatoms. The number of aliphatic carboxylic acids is 1. The number of hydrogen-bond donors (Lipinski definition) is 3. The summed E-state index contributed by atoms with van der Waals surface area (Å²) < 4.78 is 0. The first-order valence-electron chi connectivity index (χ1n) is 7.21. The van der Waals surface area contributed by atoms with Crippen LogP contribution in [0.25, 0.3) is 0 Å². The molecule has 19 heavy (non-hydrogen) atoms.